The second-order valence-electron chi connectivity index (χ2n) is 8.23. The molecule has 160 valence electrons. The van der Waals surface area contributed by atoms with Crippen molar-refractivity contribution < 1.29 is 14.4 Å². The van der Waals surface area contributed by atoms with Gasteiger partial charge in [0, 0.05) is 36.5 Å². The third-order valence-electron chi connectivity index (χ3n) is 6.06. The lowest BCUT2D eigenvalue weighted by Crippen LogP contribution is -2.35. The molecule has 2 amide bonds. The Balaban J connectivity index is 1.48. The summed E-state index contributed by atoms with van der Waals surface area (Å²) in [7, 11) is 0. The fraction of sp³-hybridized carbons (Fsp3) is 0.231. The molecule has 0 N–H and O–H groups in total. The number of likely N-dealkylation sites (tertiary alicyclic amines) is 1. The summed E-state index contributed by atoms with van der Waals surface area (Å²) < 4.78 is 0. The van der Waals surface area contributed by atoms with Gasteiger partial charge in [-0.05, 0) is 61.7 Å². The van der Waals surface area contributed by atoms with E-state index in [0.717, 1.165) is 36.8 Å². The standard InChI is InChI=1S/C26H23N3O3/c1-17(30)29-23-8-4-3-7-21(23)25(31)24(29)16-20-11-9-18-15-19(10-12-22(18)27-20)26(32)28-13-5-2-6-14-28/h3-4,7-12,15-16H,2,5-6,13-14H2,1H3/b24-16-. The van der Waals surface area contributed by atoms with E-state index in [9.17, 15) is 14.4 Å². The fourth-order valence-corrected chi connectivity index (χ4v) is 4.47. The molecule has 1 saturated heterocycles. The Kier molecular flexibility index (Phi) is 5.05. The zero-order valence-corrected chi connectivity index (χ0v) is 17.9. The van der Waals surface area contributed by atoms with Crippen LogP contribution >= 0.6 is 0 Å². The average Bonchev–Trinajstić information content (AvgIpc) is 3.10. The van der Waals surface area contributed by atoms with Gasteiger partial charge in [-0.15, -0.1) is 0 Å². The molecular weight excluding hydrogens is 402 g/mol. The van der Waals surface area contributed by atoms with Crippen LogP contribution in [0.5, 0.6) is 0 Å². The maximum Gasteiger partial charge on any atom is 0.253 e. The van der Waals surface area contributed by atoms with Crippen molar-refractivity contribution in [2.24, 2.45) is 0 Å². The Hall–Kier alpha value is -3.80. The van der Waals surface area contributed by atoms with Crippen LogP contribution in [0, 0.1) is 0 Å². The summed E-state index contributed by atoms with van der Waals surface area (Å²) >= 11 is 0. The van der Waals surface area contributed by atoms with E-state index in [0.29, 0.717) is 28.2 Å². The number of Topliss-reactive ketones (excluding diaryl/α,β-unsaturated/α-hetero) is 1. The van der Waals surface area contributed by atoms with Crippen LogP contribution in [0.25, 0.3) is 17.0 Å². The number of nitrogens with zero attached hydrogens (tertiary/aromatic N) is 3. The second kappa shape index (κ2) is 8.04. The smallest absolute Gasteiger partial charge is 0.253 e. The molecule has 2 aromatic carbocycles. The average molecular weight is 425 g/mol. The molecule has 0 aliphatic carbocycles. The molecule has 32 heavy (non-hydrogen) atoms. The van der Waals surface area contributed by atoms with Gasteiger partial charge in [0.1, 0.15) is 0 Å². The highest BCUT2D eigenvalue weighted by molar-refractivity contribution is 6.26. The Bertz CT molecular complexity index is 1290. The summed E-state index contributed by atoms with van der Waals surface area (Å²) in [6.07, 6.45) is 4.94. The van der Waals surface area contributed by atoms with Gasteiger partial charge >= 0.3 is 0 Å². The van der Waals surface area contributed by atoms with Gasteiger partial charge in [0.15, 0.2) is 0 Å². The van der Waals surface area contributed by atoms with Crippen LogP contribution in [0.4, 0.5) is 5.69 Å². The molecule has 2 aliphatic rings. The van der Waals surface area contributed by atoms with Crippen molar-refractivity contribution in [2.45, 2.75) is 26.2 Å². The number of carbonyl (C=O) groups is 3. The number of anilines is 1. The topological polar surface area (TPSA) is 70.6 Å². The van der Waals surface area contributed by atoms with Crippen LogP contribution in [0.2, 0.25) is 0 Å². The summed E-state index contributed by atoms with van der Waals surface area (Å²) in [6, 6.07) is 16.3. The predicted molar refractivity (Wildman–Crippen MR) is 123 cm³/mol. The van der Waals surface area contributed by atoms with Gasteiger partial charge in [0.05, 0.1) is 22.6 Å². The lowest BCUT2D eigenvalue weighted by Gasteiger charge is -2.26. The number of hydrogen-bond donors (Lipinski definition) is 0. The molecule has 5 rings (SSSR count). The molecule has 0 radical (unpaired) electrons. The minimum absolute atomic E-state index is 0.0595. The second-order valence-corrected chi connectivity index (χ2v) is 8.23. The molecule has 3 aromatic rings. The first kappa shape index (κ1) is 20.1. The first-order valence-corrected chi connectivity index (χ1v) is 10.9. The summed E-state index contributed by atoms with van der Waals surface area (Å²) in [5, 5.41) is 0.861. The molecule has 1 fully saturated rings. The largest absolute Gasteiger partial charge is 0.339 e. The number of pyridine rings is 1. The van der Waals surface area contributed by atoms with Crippen LogP contribution in [0.15, 0.2) is 60.3 Å². The van der Waals surface area contributed by atoms with Crippen molar-refractivity contribution in [3.8, 4) is 0 Å². The summed E-state index contributed by atoms with van der Waals surface area (Å²) in [5.74, 6) is -0.361. The number of carbonyl (C=O) groups excluding carboxylic acids is 3. The first-order chi connectivity index (χ1) is 15.5. The molecule has 2 aliphatic heterocycles. The number of para-hydroxylation sites is 1. The normalized spacial score (nSPS) is 17.2. The number of rotatable bonds is 2. The minimum atomic E-state index is -0.226. The Labute approximate surface area is 186 Å². The molecule has 0 bridgehead atoms. The van der Waals surface area contributed by atoms with Crippen molar-refractivity contribution in [1.29, 1.82) is 0 Å². The summed E-state index contributed by atoms with van der Waals surface area (Å²) in [5.41, 5.74) is 3.37. The summed E-state index contributed by atoms with van der Waals surface area (Å²) in [6.45, 7) is 3.06. The molecule has 6 heteroatoms. The number of aromatic nitrogens is 1. The fourth-order valence-electron chi connectivity index (χ4n) is 4.47. The molecule has 1 aromatic heterocycles. The predicted octanol–water partition coefficient (Wildman–Crippen LogP) is 4.45. The van der Waals surface area contributed by atoms with Crippen molar-refractivity contribution in [2.75, 3.05) is 18.0 Å². The quantitative estimate of drug-likeness (QED) is 0.569. The van der Waals surface area contributed by atoms with Gasteiger partial charge in [-0.2, -0.15) is 0 Å². The van der Waals surface area contributed by atoms with Gasteiger partial charge in [-0.3, -0.25) is 19.3 Å². The van der Waals surface area contributed by atoms with Crippen LogP contribution in [0.1, 0.15) is 52.6 Å². The highest BCUT2D eigenvalue weighted by Crippen LogP contribution is 2.35. The summed E-state index contributed by atoms with van der Waals surface area (Å²) in [4.78, 5) is 46.0. The van der Waals surface area contributed by atoms with Crippen LogP contribution in [-0.4, -0.2) is 40.6 Å². The lowest BCUT2D eigenvalue weighted by atomic mass is 10.1. The monoisotopic (exact) mass is 425 g/mol. The van der Waals surface area contributed by atoms with Gasteiger partial charge < -0.3 is 4.90 Å². The van der Waals surface area contributed by atoms with Crippen LogP contribution < -0.4 is 4.90 Å². The lowest BCUT2D eigenvalue weighted by molar-refractivity contribution is -0.116. The van der Waals surface area contributed by atoms with E-state index in [1.165, 1.54) is 18.2 Å². The third kappa shape index (κ3) is 3.47. The van der Waals surface area contributed by atoms with Crippen LogP contribution in [0.3, 0.4) is 0 Å². The number of allylic oxidation sites excluding steroid dienone is 1. The number of hydrogen-bond acceptors (Lipinski definition) is 4. The SMILES string of the molecule is CC(=O)N1/C(=C\c2ccc3cc(C(=O)N4CCCCC4)ccc3n2)C(=O)c2ccccc21. The molecule has 0 spiro atoms. The van der Waals surface area contributed by atoms with Gasteiger partial charge in [0.25, 0.3) is 5.91 Å². The van der Waals surface area contributed by atoms with Gasteiger partial charge in [-0.1, -0.05) is 18.2 Å². The molecule has 0 unspecified atom stereocenters. The van der Waals surface area contributed by atoms with E-state index in [-0.39, 0.29) is 17.6 Å². The maximum atomic E-state index is 12.9. The van der Waals surface area contributed by atoms with E-state index in [4.69, 9.17) is 0 Å². The van der Waals surface area contributed by atoms with Crippen molar-refractivity contribution in [1.82, 2.24) is 9.88 Å². The maximum absolute atomic E-state index is 12.9. The number of amides is 2. The van der Waals surface area contributed by atoms with Gasteiger partial charge in [0.2, 0.25) is 11.7 Å². The van der Waals surface area contributed by atoms with Gasteiger partial charge in [-0.25, -0.2) is 4.98 Å². The number of ketones is 1. The van der Waals surface area contributed by atoms with E-state index in [1.807, 2.05) is 35.2 Å². The Morgan fingerprint density at radius 2 is 1.75 bits per heavy atom. The number of piperidine rings is 1. The van der Waals surface area contributed by atoms with E-state index in [2.05, 4.69) is 4.98 Å². The molecular formula is C26H23N3O3. The Morgan fingerprint density at radius 3 is 2.53 bits per heavy atom. The molecule has 6 nitrogen and oxygen atoms in total. The number of fused-ring (bicyclic) bond motifs is 2. The van der Waals surface area contributed by atoms with E-state index in [1.54, 1.807) is 30.3 Å². The number of benzene rings is 2. The van der Waals surface area contributed by atoms with Crippen molar-refractivity contribution >= 4 is 40.3 Å². The Morgan fingerprint density at radius 1 is 0.969 bits per heavy atom. The van der Waals surface area contributed by atoms with Crippen LogP contribution in [-0.2, 0) is 4.79 Å². The zero-order chi connectivity index (χ0) is 22.2. The van der Waals surface area contributed by atoms with E-state index >= 15 is 0 Å². The minimum Gasteiger partial charge on any atom is -0.339 e. The third-order valence-corrected chi connectivity index (χ3v) is 6.06. The highest BCUT2D eigenvalue weighted by Gasteiger charge is 2.34. The molecule has 0 atom stereocenters. The van der Waals surface area contributed by atoms with Crippen molar-refractivity contribution in [3.05, 3.63) is 77.1 Å². The van der Waals surface area contributed by atoms with E-state index < -0.39 is 0 Å². The van der Waals surface area contributed by atoms with Crippen molar-refractivity contribution in [3.63, 3.8) is 0 Å². The molecule has 0 saturated carbocycles. The molecule has 3 heterocycles. The zero-order valence-electron chi connectivity index (χ0n) is 17.9. The first-order valence-electron chi connectivity index (χ1n) is 10.9. The highest BCUT2D eigenvalue weighted by atomic mass is 16.2.